The maximum absolute atomic E-state index is 10.6. The number of thioether (sulfide) groups is 1. The molecule has 0 radical (unpaired) electrons. The fourth-order valence-corrected chi connectivity index (χ4v) is 2.24. The van der Waals surface area contributed by atoms with Gasteiger partial charge in [0.05, 0.1) is 12.3 Å². The number of carboxylic acids is 1. The summed E-state index contributed by atoms with van der Waals surface area (Å²) in [6.45, 7) is 2.46. The molecule has 19 heavy (non-hydrogen) atoms. The summed E-state index contributed by atoms with van der Waals surface area (Å²) in [6, 6.07) is 0. The number of aromatic nitrogens is 6. The third-order valence-corrected chi connectivity index (χ3v) is 3.49. The first-order valence-electron chi connectivity index (χ1n) is 5.71. The van der Waals surface area contributed by atoms with Gasteiger partial charge in [0.25, 0.3) is 0 Å². The van der Waals surface area contributed by atoms with Crippen molar-refractivity contribution in [3.63, 3.8) is 0 Å². The maximum atomic E-state index is 10.6. The van der Waals surface area contributed by atoms with Gasteiger partial charge in [0, 0.05) is 13.5 Å². The number of nitrogens with zero attached hydrogens (tertiary/aromatic N) is 6. The normalized spacial score (nSPS) is 10.8. The highest BCUT2D eigenvalue weighted by molar-refractivity contribution is 7.99. The molecule has 0 unspecified atom stereocenters. The molecule has 0 spiro atoms. The Balaban J connectivity index is 2.23. The van der Waals surface area contributed by atoms with E-state index in [0.29, 0.717) is 11.7 Å². The summed E-state index contributed by atoms with van der Waals surface area (Å²) >= 11 is 1.15. The van der Waals surface area contributed by atoms with Crippen molar-refractivity contribution in [3.8, 4) is 0 Å². The predicted molar refractivity (Wildman–Crippen MR) is 67.9 cm³/mol. The van der Waals surface area contributed by atoms with Crippen molar-refractivity contribution in [2.75, 3.05) is 5.75 Å². The minimum absolute atomic E-state index is 0.0410. The molecule has 2 aromatic rings. The van der Waals surface area contributed by atoms with Crippen LogP contribution >= 0.6 is 11.8 Å². The second kappa shape index (κ2) is 5.83. The van der Waals surface area contributed by atoms with E-state index in [2.05, 4.69) is 20.4 Å². The molecule has 102 valence electrons. The number of hydrogen-bond donors (Lipinski definition) is 1. The van der Waals surface area contributed by atoms with Crippen LogP contribution in [0.4, 0.5) is 0 Å². The standard InChI is InChI=1S/C10H14N6O2S/c1-3-7-13-14-10(19-5-9(17)18)16(7)4-8-12-11-6-15(8)2/h6H,3-5H2,1-2H3,(H,17,18). The van der Waals surface area contributed by atoms with Crippen LogP contribution in [-0.4, -0.2) is 46.4 Å². The molecular weight excluding hydrogens is 268 g/mol. The van der Waals surface area contributed by atoms with E-state index >= 15 is 0 Å². The van der Waals surface area contributed by atoms with Crippen LogP contribution in [0.5, 0.6) is 0 Å². The molecule has 0 saturated carbocycles. The molecule has 2 heterocycles. The molecule has 0 atom stereocenters. The molecular formula is C10H14N6O2S. The molecule has 0 aliphatic heterocycles. The molecule has 8 nitrogen and oxygen atoms in total. The van der Waals surface area contributed by atoms with Gasteiger partial charge < -0.3 is 9.67 Å². The van der Waals surface area contributed by atoms with Gasteiger partial charge in [0.15, 0.2) is 11.0 Å². The van der Waals surface area contributed by atoms with Crippen molar-refractivity contribution in [1.29, 1.82) is 0 Å². The summed E-state index contributed by atoms with van der Waals surface area (Å²) in [5, 5.41) is 25.2. The number of aryl methyl sites for hydroxylation is 2. The number of hydrogen-bond acceptors (Lipinski definition) is 6. The van der Waals surface area contributed by atoms with E-state index in [-0.39, 0.29) is 5.75 Å². The van der Waals surface area contributed by atoms with Crippen molar-refractivity contribution in [3.05, 3.63) is 18.0 Å². The summed E-state index contributed by atoms with van der Waals surface area (Å²) in [5.74, 6) is 0.652. The Labute approximate surface area is 113 Å². The Kier molecular flexibility index (Phi) is 4.15. The Morgan fingerprint density at radius 2 is 2.16 bits per heavy atom. The first-order valence-corrected chi connectivity index (χ1v) is 6.70. The van der Waals surface area contributed by atoms with Crippen LogP contribution in [0.3, 0.4) is 0 Å². The third kappa shape index (κ3) is 3.11. The molecule has 0 aliphatic carbocycles. The molecule has 0 fully saturated rings. The first kappa shape index (κ1) is 13.5. The van der Waals surface area contributed by atoms with Crippen molar-refractivity contribution in [2.24, 2.45) is 7.05 Å². The lowest BCUT2D eigenvalue weighted by atomic mass is 10.4. The summed E-state index contributed by atoms with van der Waals surface area (Å²) in [7, 11) is 1.86. The fourth-order valence-electron chi connectivity index (χ4n) is 1.56. The average Bonchev–Trinajstić information content (AvgIpc) is 2.95. The van der Waals surface area contributed by atoms with Crippen LogP contribution in [0.2, 0.25) is 0 Å². The zero-order chi connectivity index (χ0) is 13.8. The average molecular weight is 282 g/mol. The van der Waals surface area contributed by atoms with Crippen molar-refractivity contribution in [2.45, 2.75) is 25.0 Å². The summed E-state index contributed by atoms with van der Waals surface area (Å²) in [4.78, 5) is 10.6. The quantitative estimate of drug-likeness (QED) is 0.755. The Morgan fingerprint density at radius 3 is 2.74 bits per heavy atom. The summed E-state index contributed by atoms with van der Waals surface area (Å²) in [5.41, 5.74) is 0. The van der Waals surface area contributed by atoms with Gasteiger partial charge in [-0.15, -0.1) is 20.4 Å². The van der Waals surface area contributed by atoms with E-state index in [0.717, 1.165) is 29.8 Å². The zero-order valence-electron chi connectivity index (χ0n) is 10.6. The van der Waals surface area contributed by atoms with E-state index < -0.39 is 5.97 Å². The van der Waals surface area contributed by atoms with Gasteiger partial charge in [0.2, 0.25) is 0 Å². The molecule has 9 heteroatoms. The molecule has 2 aromatic heterocycles. The van der Waals surface area contributed by atoms with Gasteiger partial charge in [-0.25, -0.2) is 0 Å². The molecule has 0 aromatic carbocycles. The topological polar surface area (TPSA) is 98.7 Å². The van der Waals surface area contributed by atoms with Crippen LogP contribution in [0.1, 0.15) is 18.6 Å². The van der Waals surface area contributed by atoms with Crippen LogP contribution in [0, 0.1) is 0 Å². The number of carbonyl (C=O) groups is 1. The van der Waals surface area contributed by atoms with Gasteiger partial charge in [-0.05, 0) is 0 Å². The fraction of sp³-hybridized carbons (Fsp3) is 0.500. The van der Waals surface area contributed by atoms with Crippen LogP contribution < -0.4 is 0 Å². The highest BCUT2D eigenvalue weighted by Gasteiger charge is 2.14. The summed E-state index contributed by atoms with van der Waals surface area (Å²) in [6.07, 6.45) is 2.34. The van der Waals surface area contributed by atoms with Crippen molar-refractivity contribution >= 4 is 17.7 Å². The van der Waals surface area contributed by atoms with Crippen LogP contribution in [-0.2, 0) is 24.8 Å². The summed E-state index contributed by atoms with van der Waals surface area (Å²) < 4.78 is 3.68. The molecule has 0 saturated heterocycles. The molecule has 1 N–H and O–H groups in total. The second-order valence-corrected chi connectivity index (χ2v) is 4.82. The number of carboxylic acid groups (broad SMARTS) is 1. The van der Waals surface area contributed by atoms with Crippen LogP contribution in [0.15, 0.2) is 11.5 Å². The largest absolute Gasteiger partial charge is 0.481 e. The predicted octanol–water partition coefficient (Wildman–Crippen LogP) is 0.194. The minimum atomic E-state index is -0.878. The van der Waals surface area contributed by atoms with Crippen molar-refractivity contribution < 1.29 is 9.90 Å². The van der Waals surface area contributed by atoms with E-state index in [4.69, 9.17) is 5.11 Å². The van der Waals surface area contributed by atoms with Gasteiger partial charge in [-0.3, -0.25) is 9.36 Å². The smallest absolute Gasteiger partial charge is 0.313 e. The maximum Gasteiger partial charge on any atom is 0.313 e. The van der Waals surface area contributed by atoms with Gasteiger partial charge in [-0.1, -0.05) is 18.7 Å². The van der Waals surface area contributed by atoms with E-state index in [9.17, 15) is 4.79 Å². The Morgan fingerprint density at radius 1 is 1.37 bits per heavy atom. The zero-order valence-corrected chi connectivity index (χ0v) is 11.5. The van der Waals surface area contributed by atoms with Gasteiger partial charge in [0.1, 0.15) is 12.2 Å². The van der Waals surface area contributed by atoms with E-state index in [1.54, 1.807) is 6.33 Å². The monoisotopic (exact) mass is 282 g/mol. The highest BCUT2D eigenvalue weighted by Crippen LogP contribution is 2.18. The SMILES string of the molecule is CCc1nnc(SCC(=O)O)n1Cc1nncn1C. The first-order chi connectivity index (χ1) is 9.11. The highest BCUT2D eigenvalue weighted by atomic mass is 32.2. The van der Waals surface area contributed by atoms with Gasteiger partial charge >= 0.3 is 5.97 Å². The lowest BCUT2D eigenvalue weighted by Crippen LogP contribution is -2.11. The second-order valence-electron chi connectivity index (χ2n) is 3.88. The molecule has 0 bridgehead atoms. The third-order valence-electron chi connectivity index (χ3n) is 2.54. The van der Waals surface area contributed by atoms with Crippen LogP contribution in [0.25, 0.3) is 0 Å². The molecule has 2 rings (SSSR count). The molecule has 0 amide bonds. The van der Waals surface area contributed by atoms with Crippen molar-refractivity contribution in [1.82, 2.24) is 29.5 Å². The number of rotatable bonds is 6. The lowest BCUT2D eigenvalue weighted by molar-refractivity contribution is -0.133. The number of aliphatic carboxylic acids is 1. The van der Waals surface area contributed by atoms with E-state index in [1.807, 2.05) is 23.1 Å². The Hall–Kier alpha value is -1.90. The molecule has 0 aliphatic rings. The minimum Gasteiger partial charge on any atom is -0.481 e. The van der Waals surface area contributed by atoms with Gasteiger partial charge in [-0.2, -0.15) is 0 Å². The van der Waals surface area contributed by atoms with E-state index in [1.165, 1.54) is 0 Å². The Bertz CT molecular complexity index is 578. The lowest BCUT2D eigenvalue weighted by Gasteiger charge is -2.07.